The van der Waals surface area contributed by atoms with Gasteiger partial charge < -0.3 is 10.1 Å². The molecule has 1 unspecified atom stereocenters. The smallest absolute Gasteiger partial charge is 0.416 e. The lowest BCUT2D eigenvalue weighted by Crippen LogP contribution is -2.17. The van der Waals surface area contributed by atoms with Crippen molar-refractivity contribution >= 4 is 11.4 Å². The molecule has 1 heterocycles. The van der Waals surface area contributed by atoms with Gasteiger partial charge >= 0.3 is 6.18 Å². The number of hydrogen-bond acceptors (Lipinski definition) is 3. The quantitative estimate of drug-likeness (QED) is 0.791. The molecule has 7 heteroatoms. The maximum absolute atomic E-state index is 13.2. The number of hydrogen-bond donors (Lipinski definition) is 1. The lowest BCUT2D eigenvalue weighted by Gasteiger charge is -2.12. The van der Waals surface area contributed by atoms with Crippen molar-refractivity contribution in [3.8, 4) is 0 Å². The molecule has 1 aliphatic carbocycles. The first-order chi connectivity index (χ1) is 12.8. The van der Waals surface area contributed by atoms with Crippen LogP contribution in [-0.2, 0) is 15.7 Å². The summed E-state index contributed by atoms with van der Waals surface area (Å²) in [6.07, 6.45) is -3.73. The molecule has 1 fully saturated rings. The SMILES string of the molecule is O=C1C(c2cccc(C(F)(F)F)c2)=C(NC2CC2)OC1c1ccc(F)cc1. The second-order valence-corrected chi connectivity index (χ2v) is 6.61. The van der Waals surface area contributed by atoms with Crippen LogP contribution in [0.1, 0.15) is 35.6 Å². The number of nitrogens with one attached hydrogen (secondary N) is 1. The fourth-order valence-electron chi connectivity index (χ4n) is 2.97. The molecule has 3 nitrogen and oxygen atoms in total. The normalized spacial score (nSPS) is 20.0. The molecule has 0 radical (unpaired) electrons. The van der Waals surface area contributed by atoms with Crippen LogP contribution < -0.4 is 5.32 Å². The van der Waals surface area contributed by atoms with Crippen molar-refractivity contribution < 1.29 is 27.1 Å². The third-order valence-corrected chi connectivity index (χ3v) is 4.51. The standard InChI is InChI=1S/C20H15F4NO2/c21-14-6-4-11(5-7-14)18-17(26)16(19(27-18)25-15-8-9-15)12-2-1-3-13(10-12)20(22,23)24/h1-7,10,15,18,25H,8-9H2. The molecule has 0 aromatic heterocycles. The van der Waals surface area contributed by atoms with E-state index in [9.17, 15) is 22.4 Å². The Morgan fingerprint density at radius 3 is 2.37 bits per heavy atom. The first-order valence-electron chi connectivity index (χ1n) is 8.48. The first kappa shape index (κ1) is 17.6. The van der Waals surface area contributed by atoms with Crippen LogP contribution in [0.3, 0.4) is 0 Å². The van der Waals surface area contributed by atoms with E-state index in [1.54, 1.807) is 0 Å². The summed E-state index contributed by atoms with van der Waals surface area (Å²) in [5.41, 5.74) is -0.167. The summed E-state index contributed by atoms with van der Waals surface area (Å²) in [5.74, 6) is -0.730. The Morgan fingerprint density at radius 1 is 1.04 bits per heavy atom. The lowest BCUT2D eigenvalue weighted by molar-refractivity contribution is -0.137. The molecular formula is C20H15F4NO2. The number of alkyl halides is 3. The second kappa shape index (κ2) is 6.40. The van der Waals surface area contributed by atoms with Crippen molar-refractivity contribution in [2.24, 2.45) is 0 Å². The molecule has 1 N–H and O–H groups in total. The lowest BCUT2D eigenvalue weighted by atomic mass is 9.96. The number of rotatable bonds is 4. The van der Waals surface area contributed by atoms with Crippen LogP contribution in [0.15, 0.2) is 54.4 Å². The fourth-order valence-corrected chi connectivity index (χ4v) is 2.97. The third kappa shape index (κ3) is 3.54. The van der Waals surface area contributed by atoms with Crippen LogP contribution in [0, 0.1) is 5.82 Å². The van der Waals surface area contributed by atoms with E-state index < -0.39 is 29.4 Å². The third-order valence-electron chi connectivity index (χ3n) is 4.51. The van der Waals surface area contributed by atoms with Gasteiger partial charge in [0.1, 0.15) is 5.82 Å². The highest BCUT2D eigenvalue weighted by Crippen LogP contribution is 2.40. The Hall–Kier alpha value is -2.83. The number of ketones is 1. The van der Waals surface area contributed by atoms with Gasteiger partial charge in [-0.05, 0) is 42.7 Å². The molecule has 1 atom stereocenters. The van der Waals surface area contributed by atoms with Gasteiger partial charge in [0.2, 0.25) is 5.78 Å². The molecule has 27 heavy (non-hydrogen) atoms. The number of benzene rings is 2. The summed E-state index contributed by atoms with van der Waals surface area (Å²) in [4.78, 5) is 13.0. The second-order valence-electron chi connectivity index (χ2n) is 6.61. The highest BCUT2D eigenvalue weighted by molar-refractivity contribution is 6.25. The Balaban J connectivity index is 1.73. The number of carbonyl (C=O) groups is 1. The van der Waals surface area contributed by atoms with Crippen molar-refractivity contribution in [1.82, 2.24) is 5.32 Å². The largest absolute Gasteiger partial charge is 0.462 e. The predicted molar refractivity (Wildman–Crippen MR) is 89.8 cm³/mol. The van der Waals surface area contributed by atoms with Gasteiger partial charge in [-0.25, -0.2) is 4.39 Å². The van der Waals surface area contributed by atoms with Gasteiger partial charge in [-0.3, -0.25) is 4.79 Å². The highest BCUT2D eigenvalue weighted by atomic mass is 19.4. The summed E-state index contributed by atoms with van der Waals surface area (Å²) < 4.78 is 58.1. The Bertz CT molecular complexity index is 914. The predicted octanol–water partition coefficient (Wildman–Crippen LogP) is 4.61. The van der Waals surface area contributed by atoms with E-state index in [0.29, 0.717) is 5.56 Å². The summed E-state index contributed by atoms with van der Waals surface area (Å²) in [5, 5.41) is 3.08. The summed E-state index contributed by atoms with van der Waals surface area (Å²) in [6.45, 7) is 0. The topological polar surface area (TPSA) is 38.3 Å². The van der Waals surface area contributed by atoms with Crippen molar-refractivity contribution in [3.05, 3.63) is 76.9 Å². The van der Waals surface area contributed by atoms with E-state index in [1.807, 2.05) is 0 Å². The Labute approximate surface area is 152 Å². The molecule has 2 aromatic carbocycles. The average Bonchev–Trinajstić information content (AvgIpc) is 3.38. The molecule has 4 rings (SSSR count). The van der Waals surface area contributed by atoms with Crippen molar-refractivity contribution in [2.45, 2.75) is 31.2 Å². The van der Waals surface area contributed by atoms with Gasteiger partial charge in [0.05, 0.1) is 11.1 Å². The van der Waals surface area contributed by atoms with Gasteiger partial charge in [-0.15, -0.1) is 0 Å². The summed E-state index contributed by atoms with van der Waals surface area (Å²) in [6, 6.07) is 10.0. The minimum absolute atomic E-state index is 0.0855. The van der Waals surface area contributed by atoms with E-state index >= 15 is 0 Å². The molecule has 0 spiro atoms. The van der Waals surface area contributed by atoms with E-state index in [-0.39, 0.29) is 23.1 Å². The Kier molecular flexibility index (Phi) is 4.17. The molecule has 2 aromatic rings. The van der Waals surface area contributed by atoms with Crippen LogP contribution in [0.2, 0.25) is 0 Å². The van der Waals surface area contributed by atoms with E-state index in [4.69, 9.17) is 4.74 Å². The van der Waals surface area contributed by atoms with Gasteiger partial charge in [0.25, 0.3) is 0 Å². The number of carbonyl (C=O) groups excluding carboxylic acids is 1. The van der Waals surface area contributed by atoms with Crippen molar-refractivity contribution in [3.63, 3.8) is 0 Å². The molecule has 0 saturated heterocycles. The van der Waals surface area contributed by atoms with Gasteiger partial charge in [-0.2, -0.15) is 13.2 Å². The monoisotopic (exact) mass is 377 g/mol. The minimum Gasteiger partial charge on any atom is -0.462 e. The van der Waals surface area contributed by atoms with Crippen LogP contribution in [0.25, 0.3) is 5.57 Å². The average molecular weight is 377 g/mol. The van der Waals surface area contributed by atoms with Gasteiger partial charge in [0.15, 0.2) is 12.0 Å². The van der Waals surface area contributed by atoms with Crippen LogP contribution >= 0.6 is 0 Å². The summed E-state index contributed by atoms with van der Waals surface area (Å²) >= 11 is 0. The molecule has 0 bridgehead atoms. The maximum atomic E-state index is 13.2. The molecule has 1 saturated carbocycles. The molecule has 0 amide bonds. The zero-order valence-corrected chi connectivity index (χ0v) is 14.0. The van der Waals surface area contributed by atoms with E-state index in [1.165, 1.54) is 36.4 Å². The number of Topliss-reactive ketones (excluding diaryl/α,β-unsaturated/α-hetero) is 1. The van der Waals surface area contributed by atoms with Crippen LogP contribution in [0.5, 0.6) is 0 Å². The highest BCUT2D eigenvalue weighted by Gasteiger charge is 2.40. The number of halogens is 4. The number of ether oxygens (including phenoxy) is 1. The van der Waals surface area contributed by atoms with Crippen LogP contribution in [0.4, 0.5) is 17.6 Å². The fraction of sp³-hybridized carbons (Fsp3) is 0.250. The zero-order chi connectivity index (χ0) is 19.2. The van der Waals surface area contributed by atoms with Crippen LogP contribution in [-0.4, -0.2) is 11.8 Å². The van der Waals surface area contributed by atoms with Crippen molar-refractivity contribution in [1.29, 1.82) is 0 Å². The maximum Gasteiger partial charge on any atom is 0.416 e. The van der Waals surface area contributed by atoms with E-state index in [2.05, 4.69) is 5.32 Å². The van der Waals surface area contributed by atoms with Crippen molar-refractivity contribution in [2.75, 3.05) is 0 Å². The van der Waals surface area contributed by atoms with E-state index in [0.717, 1.165) is 25.0 Å². The summed E-state index contributed by atoms with van der Waals surface area (Å²) in [7, 11) is 0. The molecule has 140 valence electrons. The Morgan fingerprint density at radius 2 is 1.74 bits per heavy atom. The first-order valence-corrected chi connectivity index (χ1v) is 8.48. The molecular weight excluding hydrogens is 362 g/mol. The molecule has 1 aliphatic heterocycles. The zero-order valence-electron chi connectivity index (χ0n) is 14.0. The minimum atomic E-state index is -4.51. The van der Waals surface area contributed by atoms with Gasteiger partial charge in [-0.1, -0.05) is 24.3 Å². The van der Waals surface area contributed by atoms with Gasteiger partial charge in [0, 0.05) is 11.6 Å². The molecule has 2 aliphatic rings.